The fourth-order valence-corrected chi connectivity index (χ4v) is 2.88. The molecule has 0 atom stereocenters. The van der Waals surface area contributed by atoms with Crippen LogP contribution < -0.4 is 5.14 Å². The van der Waals surface area contributed by atoms with Crippen LogP contribution in [0.4, 0.5) is 0 Å². The minimum absolute atomic E-state index is 0.108. The van der Waals surface area contributed by atoms with Gasteiger partial charge in [0.1, 0.15) is 10.3 Å². The average Bonchev–Trinajstić information content (AvgIpc) is 2.51. The van der Waals surface area contributed by atoms with Crippen molar-refractivity contribution < 1.29 is 8.42 Å². The lowest BCUT2D eigenvalue weighted by Gasteiger charge is -1.98. The van der Waals surface area contributed by atoms with Gasteiger partial charge in [-0.05, 0) is 34.0 Å². The van der Waals surface area contributed by atoms with E-state index in [1.54, 1.807) is 12.1 Å². The van der Waals surface area contributed by atoms with Gasteiger partial charge in [0, 0.05) is 0 Å². The van der Waals surface area contributed by atoms with Gasteiger partial charge in [0.05, 0.1) is 0 Å². The summed E-state index contributed by atoms with van der Waals surface area (Å²) < 4.78 is 23.8. The van der Waals surface area contributed by atoms with E-state index in [0.717, 1.165) is 4.52 Å². The molecule has 2 heterocycles. The number of rotatable bonds is 1. The molecule has 0 aromatic carbocycles. The van der Waals surface area contributed by atoms with E-state index in [0.29, 0.717) is 11.3 Å². The fourth-order valence-electron chi connectivity index (χ4n) is 1.20. The van der Waals surface area contributed by atoms with Crippen molar-refractivity contribution in [2.45, 2.75) is 5.03 Å². The van der Waals surface area contributed by atoms with E-state index < -0.39 is 10.0 Å². The van der Waals surface area contributed by atoms with Crippen LogP contribution in [-0.4, -0.2) is 23.0 Å². The summed E-state index contributed by atoms with van der Waals surface area (Å²) in [6.07, 6.45) is 5.17. The van der Waals surface area contributed by atoms with Crippen LogP contribution in [0.2, 0.25) is 0 Å². The molecule has 2 rings (SSSR count). The van der Waals surface area contributed by atoms with Crippen LogP contribution in [0.25, 0.3) is 5.65 Å². The molecular weight excluding hydrogens is 296 g/mol. The quantitative estimate of drug-likeness (QED) is 0.758. The Bertz CT molecular complexity index is 713. The summed E-state index contributed by atoms with van der Waals surface area (Å²) >= 11 is 3.01. The Morgan fingerprint density at radius 3 is 2.75 bits per heavy atom. The zero-order chi connectivity index (χ0) is 11.9. The molecule has 0 spiro atoms. The van der Waals surface area contributed by atoms with E-state index in [1.807, 2.05) is 0 Å². The molecule has 6 nitrogen and oxygen atoms in total. The molecule has 16 heavy (non-hydrogen) atoms. The number of hydrogen-bond acceptors (Lipinski definition) is 4. The first-order chi connectivity index (χ1) is 7.43. The average molecular weight is 301 g/mol. The minimum atomic E-state index is -3.92. The van der Waals surface area contributed by atoms with Crippen LogP contribution in [-0.2, 0) is 10.0 Å². The number of nitrogens with zero attached hydrogens (tertiary/aromatic N) is 3. The van der Waals surface area contributed by atoms with Crippen LogP contribution in [0.5, 0.6) is 0 Å². The fraction of sp³-hybridized carbons (Fsp3) is 0. The van der Waals surface area contributed by atoms with Gasteiger partial charge in [-0.25, -0.2) is 18.5 Å². The Morgan fingerprint density at radius 2 is 2.19 bits per heavy atom. The predicted octanol–water partition coefficient (Wildman–Crippen LogP) is 0.121. The van der Waals surface area contributed by atoms with Crippen LogP contribution in [0.3, 0.4) is 0 Å². The van der Waals surface area contributed by atoms with Crippen molar-refractivity contribution in [3.8, 4) is 12.3 Å². The Hall–Kier alpha value is -1.43. The van der Waals surface area contributed by atoms with Crippen molar-refractivity contribution in [1.82, 2.24) is 14.6 Å². The van der Waals surface area contributed by atoms with Gasteiger partial charge in [-0.15, -0.1) is 6.42 Å². The van der Waals surface area contributed by atoms with E-state index in [2.05, 4.69) is 31.9 Å². The SMILES string of the molecule is C#Cc1ccc2nc(Br)c(S(N)(=O)=O)n2n1. The molecule has 0 radical (unpaired) electrons. The minimum Gasteiger partial charge on any atom is -0.223 e. The maximum atomic E-state index is 11.3. The molecule has 0 saturated carbocycles. The highest BCUT2D eigenvalue weighted by molar-refractivity contribution is 9.10. The van der Waals surface area contributed by atoms with Crippen molar-refractivity contribution in [3.63, 3.8) is 0 Å². The van der Waals surface area contributed by atoms with Crippen LogP contribution in [0.15, 0.2) is 21.8 Å². The first-order valence-electron chi connectivity index (χ1n) is 3.98. The lowest BCUT2D eigenvalue weighted by atomic mass is 10.4. The molecule has 2 N–H and O–H groups in total. The molecule has 0 aliphatic heterocycles. The molecular formula is C8H5BrN4O2S. The molecule has 2 aromatic rings. The Labute approximate surface area is 99.7 Å². The zero-order valence-corrected chi connectivity index (χ0v) is 10.2. The predicted molar refractivity (Wildman–Crippen MR) is 60.0 cm³/mol. The van der Waals surface area contributed by atoms with Crippen molar-refractivity contribution >= 4 is 31.6 Å². The molecule has 2 aromatic heterocycles. The third-order valence-electron chi connectivity index (χ3n) is 1.81. The summed E-state index contributed by atoms with van der Waals surface area (Å²) in [5.41, 5.74) is 0.636. The Kier molecular flexibility index (Phi) is 2.46. The number of aromatic nitrogens is 3. The van der Waals surface area contributed by atoms with Crippen molar-refractivity contribution in [2.24, 2.45) is 5.14 Å². The van der Waals surface area contributed by atoms with Gasteiger partial charge in [-0.3, -0.25) is 0 Å². The number of halogens is 1. The molecule has 0 fully saturated rings. The van der Waals surface area contributed by atoms with Crippen LogP contribution in [0, 0.1) is 12.3 Å². The summed E-state index contributed by atoms with van der Waals surface area (Å²) in [7, 11) is -3.92. The standard InChI is InChI=1S/C8H5BrN4O2S/c1-2-5-3-4-6-11-7(9)8(13(6)12-5)16(10,14)15/h1,3-4H,(H2,10,14,15). The van der Waals surface area contributed by atoms with E-state index in [1.165, 1.54) is 0 Å². The molecule has 0 aliphatic carbocycles. The lowest BCUT2D eigenvalue weighted by molar-refractivity contribution is 0.589. The van der Waals surface area contributed by atoms with Gasteiger partial charge in [0.25, 0.3) is 10.0 Å². The first-order valence-corrected chi connectivity index (χ1v) is 6.32. The largest absolute Gasteiger partial charge is 0.258 e. The third-order valence-corrected chi connectivity index (χ3v) is 3.53. The molecule has 0 aliphatic rings. The van der Waals surface area contributed by atoms with Gasteiger partial charge < -0.3 is 0 Å². The molecule has 0 saturated heterocycles. The normalized spacial score (nSPS) is 11.6. The molecule has 0 amide bonds. The number of hydrogen-bond donors (Lipinski definition) is 1. The summed E-state index contributed by atoms with van der Waals surface area (Å²) in [6, 6.07) is 3.11. The smallest absolute Gasteiger partial charge is 0.223 e. The third kappa shape index (κ3) is 1.69. The number of sulfonamides is 1. The molecule has 8 heteroatoms. The zero-order valence-electron chi connectivity index (χ0n) is 7.75. The second-order valence-electron chi connectivity index (χ2n) is 2.89. The van der Waals surface area contributed by atoms with Crippen molar-refractivity contribution in [3.05, 3.63) is 22.4 Å². The Morgan fingerprint density at radius 1 is 1.50 bits per heavy atom. The van der Waals surface area contributed by atoms with Crippen molar-refractivity contribution in [1.29, 1.82) is 0 Å². The second-order valence-corrected chi connectivity index (χ2v) is 5.11. The lowest BCUT2D eigenvalue weighted by Crippen LogP contribution is -2.16. The monoisotopic (exact) mass is 300 g/mol. The number of primary sulfonamides is 1. The number of terminal acetylenes is 1. The summed E-state index contributed by atoms with van der Waals surface area (Å²) in [5.74, 6) is 2.30. The van der Waals surface area contributed by atoms with Crippen LogP contribution >= 0.6 is 15.9 Å². The van der Waals surface area contributed by atoms with Gasteiger partial charge in [0.15, 0.2) is 5.65 Å². The van der Waals surface area contributed by atoms with Crippen molar-refractivity contribution in [2.75, 3.05) is 0 Å². The summed E-state index contributed by atoms with van der Waals surface area (Å²) in [5, 5.41) is 8.74. The maximum absolute atomic E-state index is 11.3. The highest BCUT2D eigenvalue weighted by atomic mass is 79.9. The molecule has 82 valence electrons. The topological polar surface area (TPSA) is 90.3 Å². The maximum Gasteiger partial charge on any atom is 0.258 e. The highest BCUT2D eigenvalue weighted by Gasteiger charge is 2.21. The number of nitrogens with two attached hydrogens (primary N) is 1. The van der Waals surface area contributed by atoms with E-state index in [-0.39, 0.29) is 9.63 Å². The number of fused-ring (bicyclic) bond motifs is 1. The number of imidazole rings is 1. The van der Waals surface area contributed by atoms with E-state index in [9.17, 15) is 8.42 Å². The summed E-state index contributed by atoms with van der Waals surface area (Å²) in [4.78, 5) is 3.94. The van der Waals surface area contributed by atoms with Gasteiger partial charge in [-0.2, -0.15) is 9.61 Å². The van der Waals surface area contributed by atoms with E-state index >= 15 is 0 Å². The first kappa shape index (κ1) is 11.1. The van der Waals surface area contributed by atoms with Crippen LogP contribution in [0.1, 0.15) is 5.69 Å². The molecule has 0 bridgehead atoms. The van der Waals surface area contributed by atoms with E-state index in [4.69, 9.17) is 11.6 Å². The molecule has 0 unspecified atom stereocenters. The second kappa shape index (κ2) is 3.55. The highest BCUT2D eigenvalue weighted by Crippen LogP contribution is 2.20. The van der Waals surface area contributed by atoms with Gasteiger partial charge in [0.2, 0.25) is 5.03 Å². The van der Waals surface area contributed by atoms with Gasteiger partial charge >= 0.3 is 0 Å². The van der Waals surface area contributed by atoms with Gasteiger partial charge in [-0.1, -0.05) is 0 Å². The Balaban J connectivity index is 2.94. The summed E-state index contributed by atoms with van der Waals surface area (Å²) in [6.45, 7) is 0.